The van der Waals surface area contributed by atoms with Crippen molar-refractivity contribution in [3.8, 4) is 17.8 Å². The van der Waals surface area contributed by atoms with Gasteiger partial charge in [0.2, 0.25) is 6.10 Å². The molecule has 5 nitrogen and oxygen atoms in total. The van der Waals surface area contributed by atoms with E-state index in [1.54, 1.807) is 0 Å². The van der Waals surface area contributed by atoms with Gasteiger partial charge in [0.25, 0.3) is 0 Å². The second kappa shape index (κ2) is 12.7. The van der Waals surface area contributed by atoms with Crippen LogP contribution in [0.3, 0.4) is 0 Å². The minimum atomic E-state index is -0.736. The van der Waals surface area contributed by atoms with Crippen molar-refractivity contribution < 1.29 is 23.8 Å². The predicted molar refractivity (Wildman–Crippen MR) is 127 cm³/mol. The highest BCUT2D eigenvalue weighted by Crippen LogP contribution is 2.33. The van der Waals surface area contributed by atoms with Crippen molar-refractivity contribution >= 4 is 11.8 Å². The summed E-state index contributed by atoms with van der Waals surface area (Å²) in [5, 5.41) is 0. The summed E-state index contributed by atoms with van der Waals surface area (Å²) in [6, 6.07) is 13.7. The average Bonchev–Trinajstić information content (AvgIpc) is 2.84. The molecule has 0 fully saturated rings. The second-order valence-electron chi connectivity index (χ2n) is 8.16. The molecule has 1 aliphatic rings. The molecule has 0 N–H and O–H groups in total. The lowest BCUT2D eigenvalue weighted by Gasteiger charge is -2.22. The van der Waals surface area contributed by atoms with E-state index < -0.39 is 12.1 Å². The Kier molecular flexibility index (Phi) is 9.38. The number of aryl methyl sites for hydroxylation is 1. The van der Waals surface area contributed by atoms with Crippen LogP contribution < -0.4 is 4.74 Å². The van der Waals surface area contributed by atoms with Gasteiger partial charge in [-0.15, -0.1) is 0 Å². The molecule has 0 spiro atoms. The normalized spacial score (nSPS) is 13.2. The highest BCUT2D eigenvalue weighted by Gasteiger charge is 2.23. The fourth-order valence-electron chi connectivity index (χ4n) is 4.02. The Morgan fingerprint density at radius 3 is 2.70 bits per heavy atom. The molecule has 1 unspecified atom stereocenters. The molecule has 1 heterocycles. The molecule has 0 radical (unpaired) electrons. The van der Waals surface area contributed by atoms with Crippen LogP contribution in [0.25, 0.3) is 0 Å². The van der Waals surface area contributed by atoms with Crippen LogP contribution >= 0.6 is 0 Å². The average molecular weight is 449 g/mol. The van der Waals surface area contributed by atoms with E-state index in [1.165, 1.54) is 18.2 Å². The van der Waals surface area contributed by atoms with Crippen molar-refractivity contribution in [2.75, 3.05) is 13.7 Å². The Balaban J connectivity index is 1.50. The van der Waals surface area contributed by atoms with Crippen molar-refractivity contribution in [2.45, 2.75) is 64.4 Å². The van der Waals surface area contributed by atoms with Gasteiger partial charge in [-0.05, 0) is 48.4 Å². The van der Waals surface area contributed by atoms with Gasteiger partial charge in [-0.25, -0.2) is 4.79 Å². The molecule has 33 heavy (non-hydrogen) atoms. The minimum Gasteiger partial charge on any atom is -0.492 e. The van der Waals surface area contributed by atoms with Crippen LogP contribution in [0.15, 0.2) is 42.5 Å². The minimum absolute atomic E-state index is 0.174. The zero-order valence-corrected chi connectivity index (χ0v) is 19.5. The van der Waals surface area contributed by atoms with Crippen molar-refractivity contribution in [1.82, 2.24) is 0 Å². The van der Waals surface area contributed by atoms with E-state index in [0.29, 0.717) is 25.9 Å². The third kappa shape index (κ3) is 6.86. The molecular weight excluding hydrogens is 416 g/mol. The summed E-state index contributed by atoms with van der Waals surface area (Å²) in [7, 11) is 1.35. The number of unbranched alkanes of at least 4 members (excludes halogenated alkanes) is 2. The fraction of sp³-hybridized carbons (Fsp3) is 0.429. The first kappa shape index (κ1) is 24.4. The largest absolute Gasteiger partial charge is 0.492 e. The van der Waals surface area contributed by atoms with Crippen LogP contribution in [0.5, 0.6) is 5.75 Å². The number of rotatable bonds is 10. The number of carbonyl (C=O) groups excluding carboxylic acids is 2. The summed E-state index contributed by atoms with van der Waals surface area (Å²) >= 11 is 0. The van der Waals surface area contributed by atoms with Crippen LogP contribution in [0.1, 0.15) is 66.1 Å². The number of fused-ring (bicyclic) bond motifs is 1. The Labute approximate surface area is 196 Å². The highest BCUT2D eigenvalue weighted by molar-refractivity contribution is 6.00. The molecule has 2 aromatic carbocycles. The maximum atomic E-state index is 12.2. The lowest BCUT2D eigenvalue weighted by Crippen LogP contribution is -2.26. The van der Waals surface area contributed by atoms with Crippen LogP contribution in [-0.4, -0.2) is 31.6 Å². The lowest BCUT2D eigenvalue weighted by atomic mass is 9.92. The summed E-state index contributed by atoms with van der Waals surface area (Å²) in [4.78, 5) is 24.2. The van der Waals surface area contributed by atoms with E-state index in [-0.39, 0.29) is 5.78 Å². The standard InChI is InChI=1S/C28H32O5/c1-3-11-23-22(15-16-24-25(29)17-19-33-27(23)24)14-9-4-5-10-18-32-26(28(30)31-2)20-21-12-7-6-8-13-21/h6-8,12-13,15-16,26H,3-5,9,11,14,17,19-20H2,1-2H3. The number of carbonyl (C=O) groups is 2. The zero-order chi connectivity index (χ0) is 23.5. The Hall–Kier alpha value is -3.26. The third-order valence-electron chi connectivity index (χ3n) is 5.73. The lowest BCUT2D eigenvalue weighted by molar-refractivity contribution is -0.150. The van der Waals surface area contributed by atoms with E-state index in [2.05, 4.69) is 25.0 Å². The van der Waals surface area contributed by atoms with Crippen molar-refractivity contribution in [1.29, 1.82) is 0 Å². The molecule has 1 aliphatic heterocycles. The van der Waals surface area contributed by atoms with Gasteiger partial charge < -0.3 is 14.2 Å². The molecule has 5 heteroatoms. The van der Waals surface area contributed by atoms with Crippen LogP contribution in [-0.2, 0) is 33.5 Å². The summed E-state index contributed by atoms with van der Waals surface area (Å²) < 4.78 is 16.2. The van der Waals surface area contributed by atoms with E-state index in [1.807, 2.05) is 36.4 Å². The van der Waals surface area contributed by atoms with Crippen molar-refractivity contribution in [3.63, 3.8) is 0 Å². The first-order valence-corrected chi connectivity index (χ1v) is 11.7. The molecule has 0 saturated carbocycles. The molecule has 174 valence electrons. The quantitative estimate of drug-likeness (QED) is 0.288. The van der Waals surface area contributed by atoms with Crippen LogP contribution in [0, 0.1) is 12.0 Å². The maximum Gasteiger partial charge on any atom is 0.348 e. The Bertz CT molecular complexity index is 1000. The predicted octanol–water partition coefficient (Wildman–Crippen LogP) is 5.08. The second-order valence-corrected chi connectivity index (χ2v) is 8.16. The number of methoxy groups -OCH3 is 1. The van der Waals surface area contributed by atoms with Crippen molar-refractivity contribution in [3.05, 3.63) is 64.7 Å². The monoisotopic (exact) mass is 448 g/mol. The Morgan fingerprint density at radius 1 is 1.12 bits per heavy atom. The van der Waals surface area contributed by atoms with Gasteiger partial charge >= 0.3 is 5.97 Å². The molecule has 0 aliphatic carbocycles. The summed E-state index contributed by atoms with van der Waals surface area (Å²) in [5.74, 6) is 3.56. The number of hydrogen-bond donors (Lipinski definition) is 0. The first-order chi connectivity index (χ1) is 16.1. The smallest absolute Gasteiger partial charge is 0.348 e. The van der Waals surface area contributed by atoms with Gasteiger partial charge in [0.05, 0.1) is 19.3 Å². The van der Waals surface area contributed by atoms with E-state index in [4.69, 9.17) is 14.2 Å². The van der Waals surface area contributed by atoms with Crippen LogP contribution in [0.2, 0.25) is 0 Å². The fourth-order valence-corrected chi connectivity index (χ4v) is 4.02. The zero-order valence-electron chi connectivity index (χ0n) is 19.5. The number of esters is 1. The molecule has 2 aromatic rings. The van der Waals surface area contributed by atoms with Gasteiger partial charge in [-0.3, -0.25) is 4.79 Å². The molecule has 0 saturated heterocycles. The SMILES string of the molecule is CCCc1c(CCCCC#COC(Cc2ccccc2)C(=O)OC)ccc2c1OCCC2=O. The maximum absolute atomic E-state index is 12.2. The van der Waals surface area contributed by atoms with Gasteiger partial charge in [0.15, 0.2) is 5.78 Å². The number of ether oxygens (including phenoxy) is 3. The summed E-state index contributed by atoms with van der Waals surface area (Å²) in [6.45, 7) is 2.61. The summed E-state index contributed by atoms with van der Waals surface area (Å²) in [5.41, 5.74) is 4.16. The van der Waals surface area contributed by atoms with Crippen molar-refractivity contribution in [2.24, 2.45) is 0 Å². The van der Waals surface area contributed by atoms with Gasteiger partial charge in [-0.2, -0.15) is 0 Å². The number of benzene rings is 2. The van der Waals surface area contributed by atoms with Crippen LogP contribution in [0.4, 0.5) is 0 Å². The third-order valence-corrected chi connectivity index (χ3v) is 5.73. The molecule has 0 bridgehead atoms. The number of hydrogen-bond acceptors (Lipinski definition) is 5. The summed E-state index contributed by atoms with van der Waals surface area (Å²) in [6.07, 6.45) is 8.25. The van der Waals surface area contributed by atoms with E-state index in [0.717, 1.165) is 49.0 Å². The van der Waals surface area contributed by atoms with Gasteiger partial charge in [0.1, 0.15) is 11.9 Å². The Morgan fingerprint density at radius 2 is 1.94 bits per heavy atom. The number of Topliss-reactive ketones (excluding diaryl/α,β-unsaturated/α-hetero) is 1. The topological polar surface area (TPSA) is 61.8 Å². The van der Waals surface area contributed by atoms with E-state index >= 15 is 0 Å². The first-order valence-electron chi connectivity index (χ1n) is 11.7. The molecule has 0 amide bonds. The molecule has 1 atom stereocenters. The molecular formula is C28H32O5. The molecule has 3 rings (SSSR count). The van der Waals surface area contributed by atoms with E-state index in [9.17, 15) is 9.59 Å². The van der Waals surface area contributed by atoms with Gasteiger partial charge in [-0.1, -0.05) is 55.7 Å². The van der Waals surface area contributed by atoms with Gasteiger partial charge in [0, 0.05) is 19.3 Å². The molecule has 0 aromatic heterocycles. The highest BCUT2D eigenvalue weighted by atomic mass is 16.6. The number of ketones is 1.